The zero-order valence-electron chi connectivity index (χ0n) is 13.4. The van der Waals surface area contributed by atoms with Crippen molar-refractivity contribution in [3.63, 3.8) is 0 Å². The third kappa shape index (κ3) is 3.73. The van der Waals surface area contributed by atoms with Crippen LogP contribution in [0.2, 0.25) is 10.0 Å². The summed E-state index contributed by atoms with van der Waals surface area (Å²) in [5.74, 6) is -0.676. The molecule has 1 aromatic rings. The van der Waals surface area contributed by atoms with Crippen LogP contribution in [0.5, 0.6) is 0 Å². The lowest BCUT2D eigenvalue weighted by Crippen LogP contribution is -2.47. The number of rotatable bonds is 4. The van der Waals surface area contributed by atoms with E-state index >= 15 is 0 Å². The Morgan fingerprint density at radius 1 is 1.44 bits per heavy atom. The van der Waals surface area contributed by atoms with Gasteiger partial charge in [-0.05, 0) is 31.5 Å². The van der Waals surface area contributed by atoms with Gasteiger partial charge in [0.05, 0.1) is 15.6 Å². The minimum atomic E-state index is -0.646. The number of hydrogen-bond donors (Lipinski definition) is 1. The Labute approximate surface area is 159 Å². The lowest BCUT2D eigenvalue weighted by Gasteiger charge is -2.29. The molecule has 2 amide bonds. The van der Waals surface area contributed by atoms with Crippen molar-refractivity contribution in [2.24, 2.45) is 0 Å². The van der Waals surface area contributed by atoms with Crippen LogP contribution in [-0.2, 0) is 19.1 Å². The summed E-state index contributed by atoms with van der Waals surface area (Å²) in [6.07, 6.45) is 1.15. The zero-order valence-corrected chi connectivity index (χ0v) is 15.7. The number of amides is 2. The molecule has 0 radical (unpaired) electrons. The van der Waals surface area contributed by atoms with Crippen molar-refractivity contribution in [1.29, 1.82) is 0 Å². The van der Waals surface area contributed by atoms with Crippen molar-refractivity contribution in [3.8, 4) is 0 Å². The molecule has 2 saturated heterocycles. The number of nitrogens with one attached hydrogen (secondary N) is 1. The van der Waals surface area contributed by atoms with E-state index in [9.17, 15) is 14.4 Å². The minimum absolute atomic E-state index is 0.0513. The monoisotopic (exact) mass is 402 g/mol. The molecule has 0 bridgehead atoms. The van der Waals surface area contributed by atoms with Gasteiger partial charge in [0.1, 0.15) is 6.04 Å². The molecule has 25 heavy (non-hydrogen) atoms. The second-order valence-electron chi connectivity index (χ2n) is 6.05. The van der Waals surface area contributed by atoms with E-state index in [0.29, 0.717) is 34.3 Å². The maximum Gasteiger partial charge on any atom is 0.330 e. The van der Waals surface area contributed by atoms with Crippen molar-refractivity contribution in [1.82, 2.24) is 4.90 Å². The van der Waals surface area contributed by atoms with E-state index in [4.69, 9.17) is 27.9 Å². The lowest BCUT2D eigenvalue weighted by atomic mass is 10.2. The first-order chi connectivity index (χ1) is 11.8. The number of nitrogens with zero attached hydrogens (tertiary/aromatic N) is 1. The first-order valence-electron chi connectivity index (χ1n) is 7.68. The summed E-state index contributed by atoms with van der Waals surface area (Å²) in [4.78, 5) is 37.5. The fourth-order valence-corrected chi connectivity index (χ4v) is 4.76. The van der Waals surface area contributed by atoms with Gasteiger partial charge in [0, 0.05) is 17.2 Å². The standard InChI is InChI=1S/C16H16Cl2N2O4S/c1-16-5-4-14(22)20(16)12(8-25-16)15(23)24-7-13(21)19-11-6-9(17)2-3-10(11)18/h2-3,6,12H,4-5,7-8H2,1H3,(H,19,21)/t12-,16+/m1/s1. The second-order valence-corrected chi connectivity index (χ2v) is 8.39. The molecule has 2 atom stereocenters. The van der Waals surface area contributed by atoms with Gasteiger partial charge in [-0.2, -0.15) is 0 Å². The SMILES string of the molecule is C[C@]12CCC(=O)N1[C@@H](C(=O)OCC(=O)Nc1cc(Cl)ccc1Cl)CS2. The number of hydrogen-bond acceptors (Lipinski definition) is 5. The van der Waals surface area contributed by atoms with Crippen LogP contribution in [0.1, 0.15) is 19.8 Å². The van der Waals surface area contributed by atoms with Gasteiger partial charge in [0.15, 0.2) is 6.61 Å². The van der Waals surface area contributed by atoms with Crippen LogP contribution >= 0.6 is 35.0 Å². The van der Waals surface area contributed by atoms with Gasteiger partial charge in [-0.15, -0.1) is 11.8 Å². The van der Waals surface area contributed by atoms with E-state index in [2.05, 4.69) is 5.32 Å². The molecule has 1 aromatic carbocycles. The van der Waals surface area contributed by atoms with Gasteiger partial charge in [-0.25, -0.2) is 4.79 Å². The highest BCUT2D eigenvalue weighted by Crippen LogP contribution is 2.47. The number of ether oxygens (including phenoxy) is 1. The van der Waals surface area contributed by atoms with Crippen LogP contribution in [0.3, 0.4) is 0 Å². The Bertz CT molecular complexity index is 745. The van der Waals surface area contributed by atoms with E-state index in [1.54, 1.807) is 28.8 Å². The van der Waals surface area contributed by atoms with Crippen molar-refractivity contribution >= 4 is 58.4 Å². The molecule has 2 aliphatic rings. The zero-order chi connectivity index (χ0) is 18.2. The molecule has 2 fully saturated rings. The smallest absolute Gasteiger partial charge is 0.330 e. The molecule has 0 aromatic heterocycles. The molecule has 6 nitrogen and oxygen atoms in total. The van der Waals surface area contributed by atoms with Gasteiger partial charge >= 0.3 is 5.97 Å². The van der Waals surface area contributed by atoms with E-state index in [-0.39, 0.29) is 10.8 Å². The third-order valence-corrected chi connectivity index (χ3v) is 6.33. The topological polar surface area (TPSA) is 75.7 Å². The Morgan fingerprint density at radius 2 is 2.20 bits per heavy atom. The Kier molecular flexibility index (Phi) is 5.18. The van der Waals surface area contributed by atoms with Crippen molar-refractivity contribution < 1.29 is 19.1 Å². The molecule has 2 heterocycles. The van der Waals surface area contributed by atoms with Gasteiger partial charge in [0.2, 0.25) is 5.91 Å². The van der Waals surface area contributed by atoms with Gasteiger partial charge in [-0.3, -0.25) is 9.59 Å². The first-order valence-corrected chi connectivity index (χ1v) is 9.42. The Balaban J connectivity index is 1.56. The molecular formula is C16H16Cl2N2O4S. The number of thioether (sulfide) groups is 1. The van der Waals surface area contributed by atoms with Crippen molar-refractivity contribution in [2.45, 2.75) is 30.7 Å². The molecular weight excluding hydrogens is 387 g/mol. The molecule has 0 saturated carbocycles. The highest BCUT2D eigenvalue weighted by atomic mass is 35.5. The Morgan fingerprint density at radius 3 is 2.96 bits per heavy atom. The maximum absolute atomic E-state index is 12.3. The molecule has 134 valence electrons. The first kappa shape index (κ1) is 18.4. The van der Waals surface area contributed by atoms with Crippen LogP contribution in [-0.4, -0.2) is 46.0 Å². The van der Waals surface area contributed by atoms with Crippen LogP contribution in [0.4, 0.5) is 5.69 Å². The highest BCUT2D eigenvalue weighted by molar-refractivity contribution is 8.01. The fourth-order valence-electron chi connectivity index (χ4n) is 3.01. The van der Waals surface area contributed by atoms with Gasteiger partial charge < -0.3 is 15.0 Å². The van der Waals surface area contributed by atoms with Crippen LogP contribution in [0, 0.1) is 0 Å². The maximum atomic E-state index is 12.3. The molecule has 0 unspecified atom stereocenters. The summed E-state index contributed by atoms with van der Waals surface area (Å²) in [5, 5.41) is 3.29. The van der Waals surface area contributed by atoms with Crippen LogP contribution in [0.25, 0.3) is 0 Å². The average Bonchev–Trinajstić information content (AvgIpc) is 3.05. The molecule has 2 aliphatic heterocycles. The largest absolute Gasteiger partial charge is 0.454 e. The predicted octanol–water partition coefficient (Wildman–Crippen LogP) is 2.93. The Hall–Kier alpha value is -1.44. The summed E-state index contributed by atoms with van der Waals surface area (Å²) >= 11 is 13.4. The number of benzene rings is 1. The van der Waals surface area contributed by atoms with E-state index in [1.807, 2.05) is 6.92 Å². The van der Waals surface area contributed by atoms with Crippen LogP contribution < -0.4 is 5.32 Å². The number of halogens is 2. The molecule has 0 aliphatic carbocycles. The molecule has 1 N–H and O–H groups in total. The molecule has 3 rings (SSSR count). The average molecular weight is 403 g/mol. The molecule has 0 spiro atoms. The summed E-state index contributed by atoms with van der Waals surface area (Å²) in [7, 11) is 0. The summed E-state index contributed by atoms with van der Waals surface area (Å²) in [5.41, 5.74) is 0.342. The summed E-state index contributed by atoms with van der Waals surface area (Å²) in [6, 6.07) is 4.01. The highest BCUT2D eigenvalue weighted by Gasteiger charge is 2.53. The second kappa shape index (κ2) is 7.05. The van der Waals surface area contributed by atoms with Crippen molar-refractivity contribution in [3.05, 3.63) is 28.2 Å². The molecule has 9 heteroatoms. The van der Waals surface area contributed by atoms with Crippen LogP contribution in [0.15, 0.2) is 18.2 Å². The number of fused-ring (bicyclic) bond motifs is 1. The number of anilines is 1. The summed E-state index contributed by atoms with van der Waals surface area (Å²) in [6.45, 7) is 1.49. The fraction of sp³-hybridized carbons (Fsp3) is 0.438. The minimum Gasteiger partial charge on any atom is -0.454 e. The normalized spacial score (nSPS) is 25.0. The quantitative estimate of drug-likeness (QED) is 0.783. The summed E-state index contributed by atoms with van der Waals surface area (Å²) < 4.78 is 5.10. The van der Waals surface area contributed by atoms with E-state index in [1.165, 1.54) is 6.07 Å². The number of carbonyl (C=O) groups excluding carboxylic acids is 3. The van der Waals surface area contributed by atoms with Gasteiger partial charge in [0.25, 0.3) is 5.91 Å². The van der Waals surface area contributed by atoms with Crippen molar-refractivity contribution in [2.75, 3.05) is 17.7 Å². The van der Waals surface area contributed by atoms with E-state index < -0.39 is 24.5 Å². The predicted molar refractivity (Wildman–Crippen MR) is 96.8 cm³/mol. The lowest BCUT2D eigenvalue weighted by molar-refractivity contribution is -0.155. The van der Waals surface area contributed by atoms with E-state index in [0.717, 1.165) is 0 Å². The van der Waals surface area contributed by atoms with Gasteiger partial charge in [-0.1, -0.05) is 23.2 Å². The number of esters is 1. The third-order valence-electron chi connectivity index (χ3n) is 4.26. The number of carbonyl (C=O) groups is 3.